The van der Waals surface area contributed by atoms with Crippen molar-refractivity contribution in [1.82, 2.24) is 5.32 Å². The molecule has 0 saturated carbocycles. The van der Waals surface area contributed by atoms with Gasteiger partial charge in [0.2, 0.25) is 0 Å². The second kappa shape index (κ2) is 14.0. The number of rotatable bonds is 14. The highest BCUT2D eigenvalue weighted by atomic mass is 32.1. The molecule has 0 atom stereocenters. The molecule has 0 saturated heterocycles. The SMILES string of the molecule is NCCCOCCOCCOCCCNC(=S)Nc1ccc2c(c1)C(=O)OC21c2ccc(O)cc2Oc2cc(O)ccc21. The standard InChI is InChI=1S/C31H35N3O8S/c32-9-1-11-38-13-15-40-16-14-39-12-2-10-33-30(43)34-20-3-6-24-23(17-20)29(37)42-31(24)25-7-4-21(35)18-27(25)41-28-19-22(36)5-8-26(28)31/h3-8,17-19,35-36H,1-2,9-16,32H2,(H2,33,34,43). The van der Waals surface area contributed by atoms with Crippen LogP contribution in [0.3, 0.4) is 0 Å². The molecule has 11 nitrogen and oxygen atoms in total. The number of nitrogens with one attached hydrogen (secondary N) is 2. The van der Waals surface area contributed by atoms with E-state index in [2.05, 4.69) is 10.6 Å². The third kappa shape index (κ3) is 6.84. The minimum Gasteiger partial charge on any atom is -0.508 e. The maximum Gasteiger partial charge on any atom is 0.340 e. The first-order chi connectivity index (χ1) is 20.9. The molecule has 6 N–H and O–H groups in total. The van der Waals surface area contributed by atoms with E-state index in [1.54, 1.807) is 18.2 Å². The number of nitrogens with two attached hydrogens (primary N) is 1. The van der Waals surface area contributed by atoms with Crippen molar-refractivity contribution in [2.24, 2.45) is 5.73 Å². The Bertz CT molecular complexity index is 1420. The van der Waals surface area contributed by atoms with Gasteiger partial charge in [-0.25, -0.2) is 4.79 Å². The Morgan fingerprint density at radius 2 is 1.40 bits per heavy atom. The molecule has 2 aliphatic rings. The molecule has 1 spiro atoms. The van der Waals surface area contributed by atoms with Gasteiger partial charge in [0.1, 0.15) is 23.0 Å². The van der Waals surface area contributed by atoms with E-state index < -0.39 is 11.6 Å². The molecule has 0 bridgehead atoms. The summed E-state index contributed by atoms with van der Waals surface area (Å²) in [5.41, 5.74) is 6.84. The fourth-order valence-corrected chi connectivity index (χ4v) is 5.28. The van der Waals surface area contributed by atoms with Gasteiger partial charge in [-0.2, -0.15) is 0 Å². The van der Waals surface area contributed by atoms with E-state index in [0.717, 1.165) is 12.8 Å². The molecule has 228 valence electrons. The molecule has 0 amide bonds. The minimum absolute atomic E-state index is 0.000899. The number of phenolic OH excluding ortho intramolecular Hbond substituents is 2. The maximum absolute atomic E-state index is 13.3. The second-order valence-corrected chi connectivity index (χ2v) is 10.4. The third-order valence-electron chi connectivity index (χ3n) is 7.02. The Hall–Kier alpha value is -3.94. The summed E-state index contributed by atoms with van der Waals surface area (Å²) >= 11 is 5.45. The van der Waals surface area contributed by atoms with Crippen LogP contribution in [0.5, 0.6) is 23.0 Å². The van der Waals surface area contributed by atoms with Gasteiger partial charge in [0.05, 0.1) is 32.0 Å². The molecule has 5 rings (SSSR count). The fourth-order valence-electron chi connectivity index (χ4n) is 5.06. The zero-order chi connectivity index (χ0) is 30.2. The maximum atomic E-state index is 13.3. The number of aromatic hydroxyl groups is 2. The van der Waals surface area contributed by atoms with Crippen molar-refractivity contribution in [3.63, 3.8) is 0 Å². The van der Waals surface area contributed by atoms with Crippen LogP contribution in [0.2, 0.25) is 0 Å². The number of benzene rings is 3. The Kier molecular flexibility index (Phi) is 9.95. The zero-order valence-electron chi connectivity index (χ0n) is 23.6. The Morgan fingerprint density at radius 1 is 0.814 bits per heavy atom. The summed E-state index contributed by atoms with van der Waals surface area (Å²) in [6.07, 6.45) is 1.59. The fraction of sp³-hybridized carbons (Fsp3) is 0.355. The quantitative estimate of drug-likeness (QED) is 0.103. The van der Waals surface area contributed by atoms with E-state index in [4.69, 9.17) is 41.6 Å². The zero-order valence-corrected chi connectivity index (χ0v) is 24.4. The summed E-state index contributed by atoms with van der Waals surface area (Å²) in [5.74, 6) is 0.133. The van der Waals surface area contributed by atoms with Gasteiger partial charge in [0.25, 0.3) is 0 Å². The first-order valence-corrected chi connectivity index (χ1v) is 14.5. The van der Waals surface area contributed by atoms with Crippen LogP contribution >= 0.6 is 12.2 Å². The summed E-state index contributed by atoms with van der Waals surface area (Å²) < 4.78 is 28.5. The molecule has 0 radical (unpaired) electrons. The Morgan fingerprint density at radius 3 is 2.02 bits per heavy atom. The first kappa shape index (κ1) is 30.5. The lowest BCUT2D eigenvalue weighted by molar-refractivity contribution is 0.0142. The molecular formula is C31H35N3O8S. The second-order valence-electron chi connectivity index (χ2n) is 10.0. The lowest BCUT2D eigenvalue weighted by Crippen LogP contribution is -2.33. The van der Waals surface area contributed by atoms with Gasteiger partial charge in [-0.1, -0.05) is 6.07 Å². The summed E-state index contributed by atoms with van der Waals surface area (Å²) in [6, 6.07) is 14.6. The van der Waals surface area contributed by atoms with Crippen molar-refractivity contribution in [3.8, 4) is 23.0 Å². The molecular weight excluding hydrogens is 574 g/mol. The van der Waals surface area contributed by atoms with E-state index in [1.165, 1.54) is 24.3 Å². The predicted octanol–water partition coefficient (Wildman–Crippen LogP) is 3.74. The number of phenols is 2. The van der Waals surface area contributed by atoms with E-state index in [1.807, 2.05) is 12.1 Å². The third-order valence-corrected chi connectivity index (χ3v) is 7.27. The number of hydrogen-bond donors (Lipinski definition) is 5. The highest BCUT2D eigenvalue weighted by Crippen LogP contribution is 2.57. The topological polar surface area (TPSA) is 154 Å². The predicted molar refractivity (Wildman–Crippen MR) is 163 cm³/mol. The molecule has 0 unspecified atom stereocenters. The first-order valence-electron chi connectivity index (χ1n) is 14.1. The number of carbonyl (C=O) groups excluding carboxylic acids is 1. The number of esters is 1. The lowest BCUT2D eigenvalue weighted by Gasteiger charge is -2.36. The monoisotopic (exact) mass is 609 g/mol. The van der Waals surface area contributed by atoms with Crippen LogP contribution in [0.25, 0.3) is 0 Å². The van der Waals surface area contributed by atoms with Crippen LogP contribution in [-0.4, -0.2) is 74.0 Å². The number of fused-ring (bicyclic) bond motifs is 6. The number of anilines is 1. The molecule has 0 fully saturated rings. The average Bonchev–Trinajstić information content (AvgIpc) is 3.26. The number of ether oxygens (including phenoxy) is 5. The molecule has 43 heavy (non-hydrogen) atoms. The van der Waals surface area contributed by atoms with Gasteiger partial charge in [0, 0.05) is 54.3 Å². The number of thiocarbonyl (C=S) groups is 1. The Labute approximate surface area is 254 Å². The minimum atomic E-state index is -1.31. The van der Waals surface area contributed by atoms with E-state index in [9.17, 15) is 15.0 Å². The van der Waals surface area contributed by atoms with Crippen molar-refractivity contribution in [2.45, 2.75) is 18.4 Å². The van der Waals surface area contributed by atoms with Crippen molar-refractivity contribution < 1.29 is 38.7 Å². The smallest absolute Gasteiger partial charge is 0.340 e. The molecule has 2 aliphatic heterocycles. The average molecular weight is 610 g/mol. The number of carbonyl (C=O) groups is 1. The van der Waals surface area contributed by atoms with Gasteiger partial charge in [-0.3, -0.25) is 0 Å². The molecule has 0 aliphatic carbocycles. The lowest BCUT2D eigenvalue weighted by atomic mass is 9.77. The summed E-state index contributed by atoms with van der Waals surface area (Å²) in [5, 5.41) is 26.8. The molecule has 3 aromatic rings. The summed E-state index contributed by atoms with van der Waals surface area (Å²) in [6.45, 7) is 4.52. The van der Waals surface area contributed by atoms with Gasteiger partial charge in [0.15, 0.2) is 10.7 Å². The van der Waals surface area contributed by atoms with Crippen molar-refractivity contribution >= 4 is 29.0 Å². The summed E-state index contributed by atoms with van der Waals surface area (Å²) in [7, 11) is 0. The van der Waals surface area contributed by atoms with Crippen LogP contribution in [0.4, 0.5) is 5.69 Å². The van der Waals surface area contributed by atoms with Crippen molar-refractivity contribution in [1.29, 1.82) is 0 Å². The van der Waals surface area contributed by atoms with Crippen LogP contribution in [-0.2, 0) is 24.5 Å². The van der Waals surface area contributed by atoms with Crippen molar-refractivity contribution in [3.05, 3.63) is 76.9 Å². The van der Waals surface area contributed by atoms with E-state index in [-0.39, 0.29) is 11.5 Å². The summed E-state index contributed by atoms with van der Waals surface area (Å²) in [4.78, 5) is 13.3. The van der Waals surface area contributed by atoms with Crippen LogP contribution < -0.4 is 21.1 Å². The Balaban J connectivity index is 1.15. The molecule has 3 aromatic carbocycles. The normalized spacial score (nSPS) is 13.9. The van der Waals surface area contributed by atoms with Gasteiger partial charge >= 0.3 is 5.97 Å². The van der Waals surface area contributed by atoms with Gasteiger partial charge in [-0.15, -0.1) is 0 Å². The van der Waals surface area contributed by atoms with Crippen LogP contribution in [0.15, 0.2) is 54.6 Å². The molecule has 12 heteroatoms. The van der Waals surface area contributed by atoms with E-state index >= 15 is 0 Å². The largest absolute Gasteiger partial charge is 0.508 e. The number of hydrogen-bond acceptors (Lipinski definition) is 10. The van der Waals surface area contributed by atoms with Crippen LogP contribution in [0, 0.1) is 0 Å². The molecule has 2 heterocycles. The highest BCUT2D eigenvalue weighted by molar-refractivity contribution is 7.80. The molecule has 0 aromatic heterocycles. The van der Waals surface area contributed by atoms with Gasteiger partial charge in [-0.05, 0) is 68.0 Å². The van der Waals surface area contributed by atoms with Crippen molar-refractivity contribution in [2.75, 3.05) is 58.0 Å². The van der Waals surface area contributed by atoms with E-state index in [0.29, 0.717) is 97.3 Å². The van der Waals surface area contributed by atoms with Crippen LogP contribution in [0.1, 0.15) is 39.9 Å². The highest BCUT2D eigenvalue weighted by Gasteiger charge is 2.53. The van der Waals surface area contributed by atoms with Gasteiger partial charge < -0.3 is 50.3 Å².